The number of benzene rings is 2. The van der Waals surface area contributed by atoms with Crippen LogP contribution < -0.4 is 15.8 Å². The zero-order chi connectivity index (χ0) is 15.6. The lowest BCUT2D eigenvalue weighted by atomic mass is 10.1. The molecule has 0 bridgehead atoms. The van der Waals surface area contributed by atoms with Crippen LogP contribution in [0.2, 0.25) is 0 Å². The van der Waals surface area contributed by atoms with Crippen LogP contribution in [0.4, 0.5) is 24.5 Å². The van der Waals surface area contributed by atoms with E-state index in [-0.39, 0.29) is 11.4 Å². The minimum atomic E-state index is -1.06. The highest BCUT2D eigenvalue weighted by molar-refractivity contribution is 6.07. The third-order valence-corrected chi connectivity index (χ3v) is 2.75. The molecular formula is C14H11F3N2O2. The van der Waals surface area contributed by atoms with E-state index in [9.17, 15) is 18.0 Å². The number of halogens is 3. The van der Waals surface area contributed by atoms with E-state index in [0.29, 0.717) is 6.07 Å². The average Bonchev–Trinajstić information content (AvgIpc) is 2.42. The molecule has 0 saturated heterocycles. The summed E-state index contributed by atoms with van der Waals surface area (Å²) in [6, 6.07) is 5.20. The summed E-state index contributed by atoms with van der Waals surface area (Å²) >= 11 is 0. The number of amides is 1. The zero-order valence-electron chi connectivity index (χ0n) is 10.9. The minimum Gasteiger partial charge on any atom is -0.496 e. The molecule has 0 aliphatic carbocycles. The van der Waals surface area contributed by atoms with Crippen LogP contribution in [0, 0.1) is 17.5 Å². The van der Waals surface area contributed by atoms with Gasteiger partial charge in [-0.25, -0.2) is 13.2 Å². The highest BCUT2D eigenvalue weighted by atomic mass is 19.1. The number of anilines is 2. The number of nitrogen functional groups attached to an aromatic ring is 1. The fraction of sp³-hybridized carbons (Fsp3) is 0.0714. The van der Waals surface area contributed by atoms with Gasteiger partial charge in [0.2, 0.25) is 0 Å². The summed E-state index contributed by atoms with van der Waals surface area (Å²) in [6.07, 6.45) is 0. The van der Waals surface area contributed by atoms with Gasteiger partial charge in [-0.3, -0.25) is 4.79 Å². The molecule has 0 unspecified atom stereocenters. The number of methoxy groups -OCH3 is 1. The molecule has 0 atom stereocenters. The summed E-state index contributed by atoms with van der Waals surface area (Å²) in [5.74, 6) is -3.76. The van der Waals surface area contributed by atoms with Gasteiger partial charge in [-0.15, -0.1) is 0 Å². The third kappa shape index (κ3) is 2.91. The van der Waals surface area contributed by atoms with Crippen LogP contribution in [0.3, 0.4) is 0 Å². The Morgan fingerprint density at radius 1 is 1.19 bits per heavy atom. The number of ether oxygens (including phenoxy) is 1. The highest BCUT2D eigenvalue weighted by Crippen LogP contribution is 2.27. The van der Waals surface area contributed by atoms with Crippen molar-refractivity contribution in [3.8, 4) is 5.75 Å². The van der Waals surface area contributed by atoms with Crippen molar-refractivity contribution in [3.63, 3.8) is 0 Å². The standard InChI is InChI=1S/C14H11F3N2O2/c1-21-11-4-2-3-8(16)12(11)14(20)19-13-9(17)5-7(15)6-10(13)18/h2-6H,18H2,1H3,(H,19,20). The molecule has 0 radical (unpaired) electrons. The smallest absolute Gasteiger partial charge is 0.262 e. The molecule has 2 aromatic carbocycles. The molecular weight excluding hydrogens is 285 g/mol. The molecule has 110 valence electrons. The van der Waals surface area contributed by atoms with Crippen molar-refractivity contribution in [1.29, 1.82) is 0 Å². The molecule has 2 aromatic rings. The maximum absolute atomic E-state index is 13.7. The molecule has 1 amide bonds. The van der Waals surface area contributed by atoms with Crippen LogP contribution in [0.1, 0.15) is 10.4 Å². The fourth-order valence-electron chi connectivity index (χ4n) is 1.80. The molecule has 0 heterocycles. The monoisotopic (exact) mass is 296 g/mol. The van der Waals surface area contributed by atoms with E-state index >= 15 is 0 Å². The quantitative estimate of drug-likeness (QED) is 0.856. The van der Waals surface area contributed by atoms with Crippen molar-refractivity contribution in [2.24, 2.45) is 0 Å². The average molecular weight is 296 g/mol. The van der Waals surface area contributed by atoms with Crippen LogP contribution in [0.15, 0.2) is 30.3 Å². The number of nitrogens with one attached hydrogen (secondary N) is 1. The van der Waals surface area contributed by atoms with Gasteiger partial charge in [-0.2, -0.15) is 0 Å². The van der Waals surface area contributed by atoms with Crippen molar-refractivity contribution in [1.82, 2.24) is 0 Å². The van der Waals surface area contributed by atoms with Gasteiger partial charge < -0.3 is 15.8 Å². The Labute approximate surface area is 118 Å². The molecule has 0 aliphatic rings. The molecule has 21 heavy (non-hydrogen) atoms. The summed E-state index contributed by atoms with van der Waals surface area (Å²) in [7, 11) is 1.26. The van der Waals surface area contributed by atoms with Gasteiger partial charge in [0.05, 0.1) is 12.8 Å². The minimum absolute atomic E-state index is 0.0198. The predicted molar refractivity (Wildman–Crippen MR) is 71.7 cm³/mol. The number of nitrogens with two attached hydrogens (primary N) is 1. The summed E-state index contributed by atoms with van der Waals surface area (Å²) in [5, 5.41) is 2.11. The van der Waals surface area contributed by atoms with Crippen molar-refractivity contribution in [2.75, 3.05) is 18.2 Å². The van der Waals surface area contributed by atoms with Gasteiger partial charge in [-0.05, 0) is 18.2 Å². The Morgan fingerprint density at radius 3 is 2.52 bits per heavy atom. The number of hydrogen-bond acceptors (Lipinski definition) is 3. The first-order chi connectivity index (χ1) is 9.93. The Morgan fingerprint density at radius 2 is 1.90 bits per heavy atom. The summed E-state index contributed by atoms with van der Waals surface area (Å²) in [5.41, 5.74) is 4.30. The number of rotatable bonds is 3. The van der Waals surface area contributed by atoms with Gasteiger partial charge in [-0.1, -0.05) is 6.07 Å². The third-order valence-electron chi connectivity index (χ3n) is 2.75. The molecule has 0 aromatic heterocycles. The van der Waals surface area contributed by atoms with Crippen LogP contribution >= 0.6 is 0 Å². The summed E-state index contributed by atoms with van der Waals surface area (Å²) < 4.78 is 45.2. The van der Waals surface area contributed by atoms with Crippen molar-refractivity contribution in [2.45, 2.75) is 0 Å². The first-order valence-electron chi connectivity index (χ1n) is 5.82. The van der Waals surface area contributed by atoms with E-state index in [1.807, 2.05) is 0 Å². The van der Waals surface area contributed by atoms with E-state index in [0.717, 1.165) is 12.1 Å². The predicted octanol–water partition coefficient (Wildman–Crippen LogP) is 2.95. The Hall–Kier alpha value is -2.70. The van der Waals surface area contributed by atoms with Gasteiger partial charge in [0.1, 0.15) is 28.6 Å². The summed E-state index contributed by atoms with van der Waals surface area (Å²) in [6.45, 7) is 0. The van der Waals surface area contributed by atoms with E-state index in [1.165, 1.54) is 19.2 Å². The van der Waals surface area contributed by atoms with Crippen molar-refractivity contribution >= 4 is 17.3 Å². The maximum atomic E-state index is 13.7. The van der Waals surface area contributed by atoms with Gasteiger partial charge in [0.25, 0.3) is 5.91 Å². The first-order valence-corrected chi connectivity index (χ1v) is 5.82. The molecule has 0 fully saturated rings. The number of hydrogen-bond donors (Lipinski definition) is 2. The second kappa shape index (κ2) is 5.74. The number of carbonyl (C=O) groups excluding carboxylic acids is 1. The van der Waals surface area contributed by atoms with E-state index in [1.54, 1.807) is 0 Å². The Kier molecular flexibility index (Phi) is 4.02. The molecule has 0 aliphatic heterocycles. The first kappa shape index (κ1) is 14.7. The molecule has 3 N–H and O–H groups in total. The van der Waals surface area contributed by atoms with Crippen molar-refractivity contribution < 1.29 is 22.7 Å². The SMILES string of the molecule is COc1cccc(F)c1C(=O)Nc1c(N)cc(F)cc1F. The lowest BCUT2D eigenvalue weighted by Gasteiger charge is -2.12. The fourth-order valence-corrected chi connectivity index (χ4v) is 1.80. The lowest BCUT2D eigenvalue weighted by Crippen LogP contribution is -2.17. The van der Waals surface area contributed by atoms with Crippen LogP contribution in [-0.4, -0.2) is 13.0 Å². The molecule has 7 heteroatoms. The zero-order valence-corrected chi connectivity index (χ0v) is 10.9. The number of carbonyl (C=O) groups is 1. The largest absolute Gasteiger partial charge is 0.496 e. The van der Waals surface area contributed by atoms with Gasteiger partial charge in [0.15, 0.2) is 5.82 Å². The van der Waals surface area contributed by atoms with Crippen molar-refractivity contribution in [3.05, 3.63) is 53.3 Å². The van der Waals surface area contributed by atoms with Crippen LogP contribution in [-0.2, 0) is 0 Å². The molecule has 0 saturated carbocycles. The van der Waals surface area contributed by atoms with E-state index in [2.05, 4.69) is 5.32 Å². The highest BCUT2D eigenvalue weighted by Gasteiger charge is 2.20. The van der Waals surface area contributed by atoms with E-state index < -0.39 is 34.6 Å². The Bertz CT molecular complexity index is 682. The topological polar surface area (TPSA) is 64.3 Å². The van der Waals surface area contributed by atoms with Crippen LogP contribution in [0.25, 0.3) is 0 Å². The van der Waals surface area contributed by atoms with E-state index in [4.69, 9.17) is 10.5 Å². The molecule has 4 nitrogen and oxygen atoms in total. The van der Waals surface area contributed by atoms with Gasteiger partial charge >= 0.3 is 0 Å². The lowest BCUT2D eigenvalue weighted by molar-refractivity contribution is 0.101. The van der Waals surface area contributed by atoms with Gasteiger partial charge in [0, 0.05) is 6.07 Å². The second-order valence-electron chi connectivity index (χ2n) is 4.12. The second-order valence-corrected chi connectivity index (χ2v) is 4.12. The maximum Gasteiger partial charge on any atom is 0.262 e. The molecule has 0 spiro atoms. The Balaban J connectivity index is 2.40. The summed E-state index contributed by atoms with van der Waals surface area (Å²) in [4.78, 5) is 12.1. The molecule has 2 rings (SSSR count). The normalized spacial score (nSPS) is 10.3. The van der Waals surface area contributed by atoms with Crippen LogP contribution in [0.5, 0.6) is 5.75 Å².